The third kappa shape index (κ3) is 5.47. The van der Waals surface area contributed by atoms with Crippen LogP contribution in [0.5, 0.6) is 0 Å². The van der Waals surface area contributed by atoms with Gasteiger partial charge in [0.15, 0.2) is 12.6 Å². The summed E-state index contributed by atoms with van der Waals surface area (Å²) in [5.41, 5.74) is -1.46. The monoisotopic (exact) mass is 504 g/mol. The average molecular weight is 505 g/mol. The van der Waals surface area contributed by atoms with Crippen LogP contribution in [0.2, 0.25) is 0 Å². The van der Waals surface area contributed by atoms with Crippen LogP contribution in [0.1, 0.15) is 6.92 Å². The average Bonchev–Trinajstić information content (AvgIpc) is 2.80. The van der Waals surface area contributed by atoms with Gasteiger partial charge in [-0.25, -0.2) is 0 Å². The third-order valence-corrected chi connectivity index (χ3v) is 7.38. The first kappa shape index (κ1) is 27.4. The molecule has 0 aromatic rings. The quantitative estimate of drug-likeness (QED) is 0.162. The maximum atomic E-state index is 10.6. The number of aliphatic hydroxyl groups excluding tert-OH is 10. The van der Waals surface area contributed by atoms with Gasteiger partial charge >= 0.3 is 0 Å². The van der Waals surface area contributed by atoms with Gasteiger partial charge in [-0.15, -0.1) is 11.8 Å². The Hall–Kier alpha value is -0.210. The zero-order chi connectivity index (χ0) is 24.6. The van der Waals surface area contributed by atoms with Gasteiger partial charge in [-0.05, 0) is 6.92 Å². The van der Waals surface area contributed by atoms with Gasteiger partial charge in [-0.1, -0.05) is 0 Å². The largest absolute Gasteiger partial charge is 0.395 e. The highest BCUT2D eigenvalue weighted by molar-refractivity contribution is 8.00. The van der Waals surface area contributed by atoms with E-state index in [-0.39, 0.29) is 0 Å². The first-order valence-corrected chi connectivity index (χ1v) is 11.4. The van der Waals surface area contributed by atoms with Crippen molar-refractivity contribution in [2.45, 2.75) is 97.3 Å². The van der Waals surface area contributed by atoms with Crippen molar-refractivity contribution in [1.29, 1.82) is 0 Å². The molecule has 33 heavy (non-hydrogen) atoms. The third-order valence-electron chi connectivity index (χ3n) is 6.05. The minimum atomic E-state index is -1.79. The fraction of sp³-hybridized carbons (Fsp3) is 1.00. The van der Waals surface area contributed by atoms with Gasteiger partial charge in [0, 0.05) is 0 Å². The fourth-order valence-corrected chi connectivity index (χ4v) is 5.12. The molecule has 0 radical (unpaired) electrons. The van der Waals surface area contributed by atoms with Crippen LogP contribution in [0.3, 0.4) is 0 Å². The summed E-state index contributed by atoms with van der Waals surface area (Å²) >= 11 is 0.728. The highest BCUT2D eigenvalue weighted by Crippen LogP contribution is 2.38. The van der Waals surface area contributed by atoms with Crippen molar-refractivity contribution in [2.24, 2.45) is 0 Å². The smallest absolute Gasteiger partial charge is 0.187 e. The molecule has 3 saturated heterocycles. The predicted octanol–water partition coefficient (Wildman–Crippen LogP) is -5.83. The Morgan fingerprint density at radius 1 is 0.636 bits per heavy atom. The molecule has 3 fully saturated rings. The molecule has 0 bridgehead atoms. The maximum Gasteiger partial charge on any atom is 0.187 e. The second-order valence-electron chi connectivity index (χ2n) is 8.32. The Labute approximate surface area is 192 Å². The maximum absolute atomic E-state index is 10.6. The molecule has 0 saturated carbocycles. The van der Waals surface area contributed by atoms with E-state index in [4.69, 9.17) is 18.9 Å². The van der Waals surface area contributed by atoms with Crippen molar-refractivity contribution < 1.29 is 70.0 Å². The van der Waals surface area contributed by atoms with Gasteiger partial charge in [-0.2, -0.15) is 0 Å². The number of ether oxygens (including phenoxy) is 4. The Balaban J connectivity index is 1.83. The molecule has 0 aromatic heterocycles. The summed E-state index contributed by atoms with van der Waals surface area (Å²) in [6.07, 6.45) is -20.0. The minimum Gasteiger partial charge on any atom is -0.395 e. The van der Waals surface area contributed by atoms with Gasteiger partial charge in [0.05, 0.1) is 24.6 Å². The lowest BCUT2D eigenvalue weighted by molar-refractivity contribution is -0.346. The normalized spacial score (nSPS) is 53.7. The van der Waals surface area contributed by atoms with Crippen LogP contribution < -0.4 is 0 Å². The van der Waals surface area contributed by atoms with Crippen molar-refractivity contribution >= 4 is 11.8 Å². The first-order valence-electron chi connectivity index (χ1n) is 10.4. The number of aliphatic hydroxyl groups is 10. The van der Waals surface area contributed by atoms with Crippen molar-refractivity contribution in [3.8, 4) is 0 Å². The van der Waals surface area contributed by atoms with Gasteiger partial charge < -0.3 is 70.0 Å². The summed E-state index contributed by atoms with van der Waals surface area (Å²) in [5.74, 6) is 0. The van der Waals surface area contributed by atoms with E-state index in [2.05, 4.69) is 0 Å². The molecule has 14 nitrogen and oxygen atoms in total. The minimum absolute atomic E-state index is 0.595. The summed E-state index contributed by atoms with van der Waals surface area (Å²) in [7, 11) is 0. The van der Waals surface area contributed by atoms with Gasteiger partial charge in [0.2, 0.25) is 0 Å². The standard InChI is InChI=1S/C18H32O14S/c1-4-7(21)9(23)11(25)17(29-4)32-15-13(27)16(28)33-6(3-20)14(15)31-18-12(26)10(24)8(22)5(2-19)30-18/h4-28H,2-3H2,1H3/t4?,5?,6?,7-,8-,9+,10?,11?,12?,13+,14-,15+,16?,17-,18?/m0/s1. The van der Waals surface area contributed by atoms with Crippen LogP contribution in [0.4, 0.5) is 0 Å². The summed E-state index contributed by atoms with van der Waals surface area (Å²) in [5, 5.41) is 99.4. The van der Waals surface area contributed by atoms with Gasteiger partial charge in [0.1, 0.15) is 66.5 Å². The van der Waals surface area contributed by atoms with E-state index >= 15 is 0 Å². The molecule has 194 valence electrons. The van der Waals surface area contributed by atoms with Crippen molar-refractivity contribution in [3.63, 3.8) is 0 Å². The molecule has 3 heterocycles. The fourth-order valence-electron chi connectivity index (χ4n) is 3.99. The van der Waals surface area contributed by atoms with E-state index in [1.54, 1.807) is 0 Å². The summed E-state index contributed by atoms with van der Waals surface area (Å²) < 4.78 is 22.0. The topological polar surface area (TPSA) is 239 Å². The molecular formula is C18H32O14S. The molecule has 0 amide bonds. The van der Waals surface area contributed by atoms with Gasteiger partial charge in [0.25, 0.3) is 0 Å². The molecule has 0 aromatic carbocycles. The zero-order valence-corrected chi connectivity index (χ0v) is 18.4. The zero-order valence-electron chi connectivity index (χ0n) is 17.6. The van der Waals surface area contributed by atoms with Crippen LogP contribution >= 0.6 is 11.8 Å². The lowest BCUT2D eigenvalue weighted by Gasteiger charge is -2.48. The molecule has 0 aliphatic carbocycles. The molecule has 0 spiro atoms. The highest BCUT2D eigenvalue weighted by atomic mass is 32.2. The molecule has 8 unspecified atom stereocenters. The molecule has 3 aliphatic heterocycles. The van der Waals surface area contributed by atoms with E-state index in [9.17, 15) is 51.1 Å². The number of thioether (sulfide) groups is 1. The molecule has 3 rings (SSSR count). The van der Waals surface area contributed by atoms with Crippen molar-refractivity contribution in [3.05, 3.63) is 0 Å². The Kier molecular flexibility index (Phi) is 9.32. The van der Waals surface area contributed by atoms with E-state index in [1.165, 1.54) is 6.92 Å². The number of hydrogen-bond donors (Lipinski definition) is 10. The molecule has 15 atom stereocenters. The molecular weight excluding hydrogens is 472 g/mol. The summed E-state index contributed by atoms with van der Waals surface area (Å²) in [6.45, 7) is 0.105. The molecule has 15 heteroatoms. The predicted molar refractivity (Wildman–Crippen MR) is 106 cm³/mol. The Morgan fingerprint density at radius 2 is 1.18 bits per heavy atom. The second kappa shape index (κ2) is 11.2. The van der Waals surface area contributed by atoms with Crippen LogP contribution in [0.25, 0.3) is 0 Å². The van der Waals surface area contributed by atoms with E-state index in [0.717, 1.165) is 11.8 Å². The lowest BCUT2D eigenvalue weighted by Crippen LogP contribution is -2.65. The van der Waals surface area contributed by atoms with Crippen LogP contribution in [0.15, 0.2) is 0 Å². The summed E-state index contributed by atoms with van der Waals surface area (Å²) in [6, 6.07) is 0. The van der Waals surface area contributed by atoms with Crippen LogP contribution in [0, 0.1) is 0 Å². The number of rotatable bonds is 6. The SMILES string of the molecule is CC1O[C@@H](O[C@@H]2[C@@H](O)C(O)SC(CO)[C@@H]2OC2OC(CO)[C@H](O)C(O)C2O)C(O)[C@H](O)[C@H]1O. The second-order valence-corrected chi connectivity index (χ2v) is 9.68. The van der Waals surface area contributed by atoms with Gasteiger partial charge in [-0.3, -0.25) is 0 Å². The van der Waals surface area contributed by atoms with Crippen molar-refractivity contribution in [2.75, 3.05) is 13.2 Å². The summed E-state index contributed by atoms with van der Waals surface area (Å²) in [4.78, 5) is 0. The lowest BCUT2D eigenvalue weighted by atomic mass is 9.98. The first-order chi connectivity index (χ1) is 15.5. The number of hydrogen-bond acceptors (Lipinski definition) is 15. The van der Waals surface area contributed by atoms with Crippen LogP contribution in [-0.2, 0) is 18.9 Å². The Bertz CT molecular complexity index is 629. The van der Waals surface area contributed by atoms with E-state index in [0.29, 0.717) is 0 Å². The van der Waals surface area contributed by atoms with E-state index < -0.39 is 104 Å². The van der Waals surface area contributed by atoms with Crippen LogP contribution in [-0.4, -0.2) is 155 Å². The van der Waals surface area contributed by atoms with Crippen molar-refractivity contribution in [1.82, 2.24) is 0 Å². The molecule has 10 N–H and O–H groups in total. The van der Waals surface area contributed by atoms with E-state index in [1.807, 2.05) is 0 Å². The Morgan fingerprint density at radius 3 is 1.76 bits per heavy atom. The molecule has 3 aliphatic rings. The highest BCUT2D eigenvalue weighted by Gasteiger charge is 2.53.